The summed E-state index contributed by atoms with van der Waals surface area (Å²) in [6.45, 7) is 2.09. The number of carbonyl (C=O) groups is 4. The maximum absolute atomic E-state index is 10.2. The minimum absolute atomic E-state index is 0.640. The molecule has 0 bridgehead atoms. The number of hydrogen-bond donors (Lipinski definition) is 0. The second kappa shape index (κ2) is 8.20. The first-order chi connectivity index (χ1) is 5.45. The summed E-state index contributed by atoms with van der Waals surface area (Å²) in [5.41, 5.74) is 0. The fraction of sp³-hybridized carbons (Fsp3) is 0.333. The molecule has 0 aromatic rings. The van der Waals surface area contributed by atoms with E-state index in [-0.39, 0.29) is 0 Å². The van der Waals surface area contributed by atoms with Gasteiger partial charge in [-0.15, -0.1) is 0 Å². The van der Waals surface area contributed by atoms with E-state index in [1.54, 1.807) is 0 Å². The summed E-state index contributed by atoms with van der Waals surface area (Å²) in [6, 6.07) is 0. The Bertz CT molecular complexity index is 198. The summed E-state index contributed by atoms with van der Waals surface area (Å²) in [4.78, 5) is 39.6. The van der Waals surface area contributed by atoms with Gasteiger partial charge in [-0.1, -0.05) is 0 Å². The van der Waals surface area contributed by atoms with Gasteiger partial charge in [0.05, 0.1) is 0 Å². The van der Waals surface area contributed by atoms with Crippen LogP contribution in [0.2, 0.25) is 0 Å². The van der Waals surface area contributed by atoms with Crippen molar-refractivity contribution < 1.29 is 42.2 Å². The number of carbonyl (C=O) groups excluding carboxylic acids is 4. The molecule has 0 saturated heterocycles. The molecule has 12 heavy (non-hydrogen) atoms. The predicted molar refractivity (Wildman–Crippen MR) is 34.2 cm³/mol. The molecule has 70 valence electrons. The summed E-state index contributed by atoms with van der Waals surface area (Å²) >= 11 is 2.04. The normalized spacial score (nSPS) is 7.33. The van der Waals surface area contributed by atoms with Crippen LogP contribution in [0.1, 0.15) is 13.8 Å². The molecule has 0 unspecified atom stereocenters. The number of ether oxygens (including phenoxy) is 1. The molecule has 0 atom stereocenters. The second-order valence-electron chi connectivity index (χ2n) is 1.52. The third-order valence-corrected chi connectivity index (χ3v) is 0.524. The van der Waals surface area contributed by atoms with E-state index in [0.717, 1.165) is 13.8 Å². The van der Waals surface area contributed by atoms with Crippen LogP contribution in [-0.2, 0) is 42.2 Å². The van der Waals surface area contributed by atoms with Gasteiger partial charge in [0, 0.05) is 13.8 Å². The Morgan fingerprint density at radius 3 is 1.67 bits per heavy atom. The molecule has 0 N–H and O–H groups in total. The van der Waals surface area contributed by atoms with Crippen LogP contribution >= 0.6 is 0 Å². The Morgan fingerprint density at radius 2 is 1.58 bits per heavy atom. The molecule has 0 aliphatic rings. The van der Waals surface area contributed by atoms with Crippen molar-refractivity contribution in [3.63, 3.8) is 0 Å². The number of esters is 2. The molecule has 0 aliphatic heterocycles. The molecule has 0 amide bonds. The van der Waals surface area contributed by atoms with Crippen LogP contribution in [0.3, 0.4) is 0 Å². The monoisotopic (exact) mass is 262 g/mol. The van der Waals surface area contributed by atoms with Crippen LogP contribution in [0, 0.1) is 0 Å². The quantitative estimate of drug-likeness (QED) is 0.207. The van der Waals surface area contributed by atoms with Crippen LogP contribution in [0.4, 0.5) is 0 Å². The van der Waals surface area contributed by atoms with Crippen LogP contribution in [-0.4, -0.2) is 22.6 Å². The first-order valence-electron chi connectivity index (χ1n) is 2.70. The van der Waals surface area contributed by atoms with E-state index in [9.17, 15) is 14.4 Å². The van der Waals surface area contributed by atoms with Crippen molar-refractivity contribution in [3.8, 4) is 0 Å². The standard InChI is InChI=1S/C5H6O4.CHO.Rh/c1-3(6)5(8)9-4(2)7;1-2;/h1-2H3;1H;. The van der Waals surface area contributed by atoms with E-state index >= 15 is 0 Å². The van der Waals surface area contributed by atoms with Crippen molar-refractivity contribution in [2.24, 2.45) is 0 Å². The van der Waals surface area contributed by atoms with E-state index in [2.05, 4.69) is 4.74 Å². The predicted octanol–water partition coefficient (Wildman–Crippen LogP) is -0.611. The molecular formula is C6H7O5Rh. The van der Waals surface area contributed by atoms with Gasteiger partial charge >= 0.3 is 39.9 Å². The average molecular weight is 262 g/mol. The van der Waals surface area contributed by atoms with Gasteiger partial charge in [-0.25, -0.2) is 4.79 Å². The second-order valence-corrected chi connectivity index (χ2v) is 1.90. The molecule has 0 aromatic carbocycles. The molecule has 6 heteroatoms. The molecule has 0 saturated carbocycles. The minimum atomic E-state index is -1.11. The van der Waals surface area contributed by atoms with Crippen LogP contribution in [0.5, 0.6) is 0 Å². The fourth-order valence-electron chi connectivity index (χ4n) is 0.202. The van der Waals surface area contributed by atoms with Gasteiger partial charge < -0.3 is 4.74 Å². The molecular weight excluding hydrogens is 255 g/mol. The van der Waals surface area contributed by atoms with Crippen molar-refractivity contribution in [3.05, 3.63) is 0 Å². The number of Topliss-reactive ketones (excluding diaryl/α,β-unsaturated/α-hetero) is 1. The number of rotatable bonds is 1. The topological polar surface area (TPSA) is 77.5 Å². The van der Waals surface area contributed by atoms with Crippen LogP contribution in [0.15, 0.2) is 0 Å². The van der Waals surface area contributed by atoms with Gasteiger partial charge in [-0.2, -0.15) is 0 Å². The molecule has 0 rings (SSSR count). The molecule has 0 spiro atoms. The zero-order valence-electron chi connectivity index (χ0n) is 6.45. The third-order valence-electron chi connectivity index (χ3n) is 0.524. The Balaban J connectivity index is 0. The van der Waals surface area contributed by atoms with Gasteiger partial charge in [-0.3, -0.25) is 9.59 Å². The van der Waals surface area contributed by atoms with Gasteiger partial charge in [-0.05, 0) is 0 Å². The summed E-state index contributed by atoms with van der Waals surface area (Å²) in [5, 5.41) is 0. The third kappa shape index (κ3) is 11.8. The zero-order chi connectivity index (χ0) is 10.1. The molecule has 5 nitrogen and oxygen atoms in total. The zero-order valence-corrected chi connectivity index (χ0v) is 8.09. The van der Waals surface area contributed by atoms with Gasteiger partial charge in [0.25, 0.3) is 0 Å². The van der Waals surface area contributed by atoms with Crippen LogP contribution < -0.4 is 0 Å². The fourth-order valence-corrected chi connectivity index (χ4v) is 0.202. The molecule has 0 fully saturated rings. The Hall–Kier alpha value is -0.897. The average Bonchev–Trinajstić information content (AvgIpc) is 1.87. The summed E-state index contributed by atoms with van der Waals surface area (Å²) < 4.78 is 3.88. The Morgan fingerprint density at radius 1 is 1.25 bits per heavy atom. The van der Waals surface area contributed by atoms with Gasteiger partial charge in [0.2, 0.25) is 5.78 Å². The van der Waals surface area contributed by atoms with Crippen molar-refractivity contribution >= 4 is 22.6 Å². The van der Waals surface area contributed by atoms with Gasteiger partial charge in [0.1, 0.15) is 0 Å². The van der Waals surface area contributed by atoms with E-state index in [1.165, 1.54) is 0 Å². The van der Waals surface area contributed by atoms with Crippen molar-refractivity contribution in [1.29, 1.82) is 0 Å². The van der Waals surface area contributed by atoms with Crippen molar-refractivity contribution in [1.82, 2.24) is 0 Å². The Labute approximate surface area is 79.1 Å². The summed E-state index contributed by atoms with van der Waals surface area (Å²) in [5.74, 6) is -2.65. The van der Waals surface area contributed by atoms with Crippen LogP contribution in [0.25, 0.3) is 0 Å². The molecule has 0 aromatic heterocycles. The van der Waals surface area contributed by atoms with E-state index in [4.69, 9.17) is 4.79 Å². The Kier molecular flexibility index (Phi) is 9.35. The number of ketones is 1. The molecule has 0 heterocycles. The van der Waals surface area contributed by atoms with E-state index < -0.39 is 17.7 Å². The van der Waals surface area contributed by atoms with E-state index in [0.29, 0.717) is 4.88 Å². The van der Waals surface area contributed by atoms with E-state index in [1.807, 2.05) is 18.3 Å². The molecule has 0 radical (unpaired) electrons. The SMILES string of the molecule is CC(=O)OC(=O)C(C)=O.O=[CH][Rh]. The summed E-state index contributed by atoms with van der Waals surface area (Å²) in [6.07, 6.45) is 0. The molecule has 0 aliphatic carbocycles. The maximum atomic E-state index is 10.2. The first kappa shape index (κ1) is 13.7. The van der Waals surface area contributed by atoms with Crippen molar-refractivity contribution in [2.75, 3.05) is 0 Å². The van der Waals surface area contributed by atoms with Gasteiger partial charge in [0.15, 0.2) is 0 Å². The van der Waals surface area contributed by atoms with Crippen molar-refractivity contribution in [2.45, 2.75) is 13.8 Å². The first-order valence-corrected chi connectivity index (χ1v) is 3.64. The number of hydrogen-bond acceptors (Lipinski definition) is 5. The summed E-state index contributed by atoms with van der Waals surface area (Å²) in [7, 11) is 0.